The lowest BCUT2D eigenvalue weighted by atomic mass is 10.0. The van der Waals surface area contributed by atoms with Crippen molar-refractivity contribution in [1.82, 2.24) is 0 Å². The number of rotatable bonds is 2. The van der Waals surface area contributed by atoms with Crippen molar-refractivity contribution < 1.29 is 22.4 Å². The molecule has 0 atom stereocenters. The standard InChI is InChI=1S/C13H5Cl2F4NO/c14-5-2-1-4(3-6(5)15)7-9(16)11(18)8(13(20)21)12(19)10(7)17/h1-3H,(H2,20,21). The highest BCUT2D eigenvalue weighted by Gasteiger charge is 2.29. The smallest absolute Gasteiger partial charge is 0.254 e. The number of carbonyl (C=O) groups excluding carboxylic acids is 1. The van der Waals surface area contributed by atoms with Crippen LogP contribution in [0, 0.1) is 23.3 Å². The van der Waals surface area contributed by atoms with Gasteiger partial charge in [-0.05, 0) is 17.7 Å². The highest BCUT2D eigenvalue weighted by Crippen LogP contribution is 2.35. The van der Waals surface area contributed by atoms with E-state index >= 15 is 0 Å². The topological polar surface area (TPSA) is 43.1 Å². The lowest BCUT2D eigenvalue weighted by molar-refractivity contribution is 0.0990. The molecule has 0 aromatic heterocycles. The Hall–Kier alpha value is -1.79. The Kier molecular flexibility index (Phi) is 4.11. The molecule has 0 aliphatic carbocycles. The highest BCUT2D eigenvalue weighted by molar-refractivity contribution is 6.42. The van der Waals surface area contributed by atoms with E-state index in [1.165, 1.54) is 6.07 Å². The maximum Gasteiger partial charge on any atom is 0.254 e. The van der Waals surface area contributed by atoms with Gasteiger partial charge < -0.3 is 5.73 Å². The fourth-order valence-corrected chi connectivity index (χ4v) is 2.05. The monoisotopic (exact) mass is 337 g/mol. The van der Waals surface area contributed by atoms with Crippen LogP contribution in [0.25, 0.3) is 11.1 Å². The Morgan fingerprint density at radius 3 is 1.86 bits per heavy atom. The van der Waals surface area contributed by atoms with Crippen molar-refractivity contribution in [3.63, 3.8) is 0 Å². The van der Waals surface area contributed by atoms with E-state index in [0.717, 1.165) is 12.1 Å². The molecular formula is C13H5Cl2F4NO. The minimum Gasteiger partial charge on any atom is -0.365 e. The lowest BCUT2D eigenvalue weighted by Gasteiger charge is -2.11. The molecule has 0 saturated carbocycles. The maximum absolute atomic E-state index is 13.9. The number of benzene rings is 2. The normalized spacial score (nSPS) is 10.8. The molecule has 8 heteroatoms. The van der Waals surface area contributed by atoms with E-state index in [0.29, 0.717) is 0 Å². The number of nitrogens with two attached hydrogens (primary N) is 1. The van der Waals surface area contributed by atoms with Gasteiger partial charge in [-0.2, -0.15) is 0 Å². The number of carbonyl (C=O) groups is 1. The van der Waals surface area contributed by atoms with Crippen LogP contribution in [0.15, 0.2) is 18.2 Å². The number of hydrogen-bond acceptors (Lipinski definition) is 1. The average Bonchev–Trinajstić information content (AvgIpc) is 2.40. The third-order valence-corrected chi connectivity index (χ3v) is 3.46. The van der Waals surface area contributed by atoms with E-state index in [1.807, 2.05) is 0 Å². The van der Waals surface area contributed by atoms with E-state index < -0.39 is 40.3 Å². The second kappa shape index (κ2) is 5.54. The molecule has 2 aromatic carbocycles. The number of primary amides is 1. The van der Waals surface area contributed by atoms with Gasteiger partial charge in [-0.25, -0.2) is 17.6 Å². The van der Waals surface area contributed by atoms with E-state index in [2.05, 4.69) is 0 Å². The van der Waals surface area contributed by atoms with Gasteiger partial charge >= 0.3 is 0 Å². The summed E-state index contributed by atoms with van der Waals surface area (Å²) in [5, 5.41) is 0.0312. The van der Waals surface area contributed by atoms with Crippen LogP contribution in [0.3, 0.4) is 0 Å². The molecule has 0 aliphatic rings. The van der Waals surface area contributed by atoms with Crippen LogP contribution in [-0.4, -0.2) is 5.91 Å². The molecule has 2 N–H and O–H groups in total. The molecule has 0 unspecified atom stereocenters. The summed E-state index contributed by atoms with van der Waals surface area (Å²) in [5.74, 6) is -8.87. The Labute approximate surface area is 126 Å². The third kappa shape index (κ3) is 2.56. The second-order valence-corrected chi connectivity index (χ2v) is 4.81. The van der Waals surface area contributed by atoms with Gasteiger partial charge in [0.1, 0.15) is 5.56 Å². The van der Waals surface area contributed by atoms with Crippen molar-refractivity contribution in [3.8, 4) is 11.1 Å². The van der Waals surface area contributed by atoms with Gasteiger partial charge in [-0.1, -0.05) is 29.3 Å². The molecule has 0 fully saturated rings. The summed E-state index contributed by atoms with van der Waals surface area (Å²) in [6.07, 6.45) is 0. The Bertz CT molecular complexity index is 735. The fourth-order valence-electron chi connectivity index (χ4n) is 1.75. The van der Waals surface area contributed by atoms with Gasteiger partial charge in [0, 0.05) is 0 Å². The summed E-state index contributed by atoms with van der Waals surface area (Å²) >= 11 is 11.3. The molecule has 0 heterocycles. The molecular weight excluding hydrogens is 333 g/mol. The first-order chi connectivity index (χ1) is 9.75. The van der Waals surface area contributed by atoms with E-state index in [4.69, 9.17) is 28.9 Å². The van der Waals surface area contributed by atoms with Crippen molar-refractivity contribution in [3.05, 3.63) is 57.1 Å². The SMILES string of the molecule is NC(=O)c1c(F)c(F)c(-c2ccc(Cl)c(Cl)c2)c(F)c1F. The minimum absolute atomic E-state index is 0.0623. The molecule has 110 valence electrons. The van der Waals surface area contributed by atoms with Gasteiger partial charge in [0.25, 0.3) is 5.91 Å². The maximum atomic E-state index is 13.9. The van der Waals surface area contributed by atoms with Gasteiger partial charge in [-0.15, -0.1) is 0 Å². The van der Waals surface area contributed by atoms with Crippen LogP contribution < -0.4 is 5.73 Å². The first-order valence-corrected chi connectivity index (χ1v) is 6.12. The Balaban J connectivity index is 2.82. The van der Waals surface area contributed by atoms with Gasteiger partial charge in [0.05, 0.1) is 15.6 Å². The first kappa shape index (κ1) is 15.6. The fraction of sp³-hybridized carbons (Fsp3) is 0. The van der Waals surface area contributed by atoms with E-state index in [-0.39, 0.29) is 15.6 Å². The summed E-state index contributed by atoms with van der Waals surface area (Å²) < 4.78 is 55.2. The molecule has 2 nitrogen and oxygen atoms in total. The molecule has 0 radical (unpaired) electrons. The summed E-state index contributed by atoms with van der Waals surface area (Å²) in [6.45, 7) is 0. The van der Waals surface area contributed by atoms with E-state index in [1.54, 1.807) is 0 Å². The van der Waals surface area contributed by atoms with Crippen LogP contribution in [0.2, 0.25) is 10.0 Å². The number of hydrogen-bond donors (Lipinski definition) is 1. The molecule has 0 spiro atoms. The average molecular weight is 338 g/mol. The molecule has 0 bridgehead atoms. The number of amides is 1. The first-order valence-electron chi connectivity index (χ1n) is 5.36. The predicted octanol–water partition coefficient (Wildman–Crippen LogP) is 4.32. The van der Waals surface area contributed by atoms with Gasteiger partial charge in [0.2, 0.25) is 0 Å². The van der Waals surface area contributed by atoms with Crippen LogP contribution in [0.4, 0.5) is 17.6 Å². The zero-order valence-corrected chi connectivity index (χ0v) is 11.5. The second-order valence-electron chi connectivity index (χ2n) is 4.00. The molecule has 21 heavy (non-hydrogen) atoms. The van der Waals surface area contributed by atoms with Crippen LogP contribution >= 0.6 is 23.2 Å². The van der Waals surface area contributed by atoms with Crippen LogP contribution in [0.5, 0.6) is 0 Å². The Morgan fingerprint density at radius 2 is 1.43 bits per heavy atom. The van der Waals surface area contributed by atoms with Crippen LogP contribution in [0.1, 0.15) is 10.4 Å². The minimum atomic E-state index is -1.87. The summed E-state index contributed by atoms with van der Waals surface area (Å²) in [4.78, 5) is 10.9. The van der Waals surface area contributed by atoms with E-state index in [9.17, 15) is 22.4 Å². The van der Waals surface area contributed by atoms with Crippen LogP contribution in [-0.2, 0) is 0 Å². The van der Waals surface area contributed by atoms with Crippen molar-refractivity contribution in [2.75, 3.05) is 0 Å². The zero-order valence-electron chi connectivity index (χ0n) is 9.99. The number of halogens is 6. The zero-order chi connectivity index (χ0) is 15.9. The van der Waals surface area contributed by atoms with Crippen molar-refractivity contribution >= 4 is 29.1 Å². The predicted molar refractivity (Wildman–Crippen MR) is 70.2 cm³/mol. The third-order valence-electron chi connectivity index (χ3n) is 2.72. The lowest BCUT2D eigenvalue weighted by Crippen LogP contribution is -2.18. The van der Waals surface area contributed by atoms with Gasteiger partial charge in [0.15, 0.2) is 23.3 Å². The summed E-state index contributed by atoms with van der Waals surface area (Å²) in [7, 11) is 0. The molecule has 2 aromatic rings. The molecule has 0 aliphatic heterocycles. The molecule has 0 saturated heterocycles. The molecule has 2 rings (SSSR count). The van der Waals surface area contributed by atoms with Crippen molar-refractivity contribution in [1.29, 1.82) is 0 Å². The molecule has 1 amide bonds. The van der Waals surface area contributed by atoms with Crippen molar-refractivity contribution in [2.45, 2.75) is 0 Å². The largest absolute Gasteiger partial charge is 0.365 e. The summed E-state index contributed by atoms with van der Waals surface area (Å²) in [6, 6.07) is 3.36. The van der Waals surface area contributed by atoms with Gasteiger partial charge in [-0.3, -0.25) is 4.79 Å². The van der Waals surface area contributed by atoms with Crippen molar-refractivity contribution in [2.24, 2.45) is 5.73 Å². The Morgan fingerprint density at radius 1 is 0.905 bits per heavy atom. The quantitative estimate of drug-likeness (QED) is 0.643. The highest BCUT2D eigenvalue weighted by atomic mass is 35.5. The summed E-state index contributed by atoms with van der Waals surface area (Å²) in [5.41, 5.74) is 1.97.